The number of nitrogens with one attached hydrogen (secondary N) is 2. The normalized spacial score (nSPS) is 11.4. The van der Waals surface area contributed by atoms with Crippen LogP contribution in [0.3, 0.4) is 0 Å². The zero-order valence-electron chi connectivity index (χ0n) is 17.4. The minimum Gasteiger partial charge on any atom is -0.332 e. The molecule has 0 unspecified atom stereocenters. The summed E-state index contributed by atoms with van der Waals surface area (Å²) >= 11 is 5.94. The van der Waals surface area contributed by atoms with Gasteiger partial charge in [-0.25, -0.2) is 4.79 Å². The van der Waals surface area contributed by atoms with Gasteiger partial charge in [-0.15, -0.1) is 0 Å². The molecule has 0 fully saturated rings. The zero-order valence-corrected chi connectivity index (χ0v) is 18.2. The fourth-order valence-corrected chi connectivity index (χ4v) is 3.62. The van der Waals surface area contributed by atoms with E-state index in [1.165, 1.54) is 15.2 Å². The van der Waals surface area contributed by atoms with Gasteiger partial charge >= 0.3 is 5.69 Å². The van der Waals surface area contributed by atoms with Gasteiger partial charge in [-0.05, 0) is 36.9 Å². The molecule has 168 valence electrons. The summed E-state index contributed by atoms with van der Waals surface area (Å²) in [4.78, 5) is 50.9. The number of aryl methyl sites for hydroxylation is 2. The first-order valence-corrected chi connectivity index (χ1v) is 10.8. The Morgan fingerprint density at radius 3 is 2.62 bits per heavy atom. The lowest BCUT2D eigenvalue weighted by molar-refractivity contribution is 0.419. The number of pyridine rings is 1. The van der Waals surface area contributed by atoms with Gasteiger partial charge in [0.2, 0.25) is 10.8 Å². The highest BCUT2D eigenvalue weighted by atomic mass is 35.5. The molecule has 0 spiro atoms. The molecule has 11 nitrogen and oxygen atoms in total. The SMILES string of the molecule is CCCCn1c(=O)n(CCCCc2noc(-c3cccc(=O)[nH]3)n2)c(=O)c2[nH]c(Cl)nc21. The first-order chi connectivity index (χ1) is 15.5. The number of imidazole rings is 1. The summed E-state index contributed by atoms with van der Waals surface area (Å²) in [5.74, 6) is 0.711. The van der Waals surface area contributed by atoms with E-state index < -0.39 is 11.2 Å². The van der Waals surface area contributed by atoms with Crippen molar-refractivity contribution in [3.63, 3.8) is 0 Å². The first-order valence-electron chi connectivity index (χ1n) is 10.4. The summed E-state index contributed by atoms with van der Waals surface area (Å²) in [6.07, 6.45) is 3.37. The van der Waals surface area contributed by atoms with Crippen LogP contribution in [0.2, 0.25) is 5.28 Å². The molecule has 0 bridgehead atoms. The summed E-state index contributed by atoms with van der Waals surface area (Å²) in [5, 5.41) is 4.00. The Labute approximate surface area is 186 Å². The first kappa shape index (κ1) is 21.8. The summed E-state index contributed by atoms with van der Waals surface area (Å²) < 4.78 is 7.91. The van der Waals surface area contributed by atoms with E-state index in [-0.39, 0.29) is 34.4 Å². The number of fused-ring (bicyclic) bond motifs is 1. The number of H-pyrrole nitrogens is 2. The van der Waals surface area contributed by atoms with E-state index in [1.807, 2.05) is 6.92 Å². The molecule has 0 saturated carbocycles. The highest BCUT2D eigenvalue weighted by Gasteiger charge is 2.17. The van der Waals surface area contributed by atoms with Crippen LogP contribution >= 0.6 is 11.6 Å². The third kappa shape index (κ3) is 4.42. The molecule has 0 aliphatic rings. The summed E-state index contributed by atoms with van der Waals surface area (Å²) in [7, 11) is 0. The Balaban J connectivity index is 1.46. The average Bonchev–Trinajstić information content (AvgIpc) is 3.40. The minimum atomic E-state index is -0.438. The topological polar surface area (TPSA) is 144 Å². The molecule has 0 amide bonds. The minimum absolute atomic E-state index is 0.0761. The van der Waals surface area contributed by atoms with E-state index in [1.54, 1.807) is 12.1 Å². The predicted octanol–water partition coefficient (Wildman–Crippen LogP) is 2.10. The van der Waals surface area contributed by atoms with Gasteiger partial charge in [0.15, 0.2) is 17.0 Å². The fourth-order valence-electron chi connectivity index (χ4n) is 3.44. The van der Waals surface area contributed by atoms with Crippen molar-refractivity contribution in [3.8, 4) is 11.6 Å². The Morgan fingerprint density at radius 2 is 1.84 bits per heavy atom. The number of hydrogen-bond acceptors (Lipinski definition) is 7. The van der Waals surface area contributed by atoms with E-state index in [0.717, 1.165) is 12.8 Å². The van der Waals surface area contributed by atoms with Gasteiger partial charge in [0.1, 0.15) is 5.69 Å². The van der Waals surface area contributed by atoms with Gasteiger partial charge in [0, 0.05) is 25.6 Å². The maximum Gasteiger partial charge on any atom is 0.332 e. The Hall–Kier alpha value is -3.47. The number of halogens is 1. The van der Waals surface area contributed by atoms with Crippen molar-refractivity contribution in [1.29, 1.82) is 0 Å². The van der Waals surface area contributed by atoms with Crippen LogP contribution in [0.5, 0.6) is 0 Å². The number of unbranched alkanes of at least 4 members (excludes halogenated alkanes) is 2. The van der Waals surface area contributed by atoms with E-state index in [4.69, 9.17) is 16.1 Å². The smallest absolute Gasteiger partial charge is 0.332 e. The molecule has 0 aromatic carbocycles. The fraction of sp³-hybridized carbons (Fsp3) is 0.400. The molecule has 0 aliphatic carbocycles. The van der Waals surface area contributed by atoms with Crippen molar-refractivity contribution < 1.29 is 4.52 Å². The predicted molar refractivity (Wildman–Crippen MR) is 118 cm³/mol. The van der Waals surface area contributed by atoms with Crippen molar-refractivity contribution in [2.75, 3.05) is 0 Å². The van der Waals surface area contributed by atoms with Crippen LogP contribution < -0.4 is 16.8 Å². The number of hydrogen-bond donors (Lipinski definition) is 2. The van der Waals surface area contributed by atoms with Gasteiger partial charge < -0.3 is 14.5 Å². The quantitative estimate of drug-likeness (QED) is 0.288. The number of nitrogens with zero attached hydrogens (tertiary/aromatic N) is 5. The molecule has 12 heteroatoms. The molecule has 2 N–H and O–H groups in total. The molecule has 4 aromatic rings. The molecule has 0 aliphatic heterocycles. The van der Waals surface area contributed by atoms with Crippen molar-refractivity contribution in [1.82, 2.24) is 34.2 Å². The van der Waals surface area contributed by atoms with Crippen LogP contribution in [-0.2, 0) is 19.5 Å². The second kappa shape index (κ2) is 9.35. The molecule has 0 radical (unpaired) electrons. The number of rotatable bonds is 9. The van der Waals surface area contributed by atoms with E-state index in [9.17, 15) is 14.4 Å². The molecule has 32 heavy (non-hydrogen) atoms. The standard InChI is InChI=1S/C20H22ClN7O4/c1-2-3-10-27-16-15(24-19(21)25-16)18(30)28(20(27)31)11-5-4-8-13-23-17(32-26-13)12-7-6-9-14(29)22-12/h6-7,9H,2-5,8,10-11H2,1H3,(H,22,29)(H,24,25). The second-order valence-electron chi connectivity index (χ2n) is 7.37. The van der Waals surface area contributed by atoms with Crippen molar-refractivity contribution in [2.24, 2.45) is 0 Å². The van der Waals surface area contributed by atoms with Crippen LogP contribution in [-0.4, -0.2) is 34.2 Å². The van der Waals surface area contributed by atoms with Crippen molar-refractivity contribution in [3.05, 3.63) is 60.5 Å². The van der Waals surface area contributed by atoms with Gasteiger partial charge in [-0.1, -0.05) is 24.6 Å². The molecular formula is C20H22ClN7O4. The van der Waals surface area contributed by atoms with Crippen LogP contribution in [0.15, 0.2) is 37.1 Å². The molecule has 4 rings (SSSR count). The maximum atomic E-state index is 12.9. The average molecular weight is 460 g/mol. The van der Waals surface area contributed by atoms with Crippen LogP contribution in [0.4, 0.5) is 0 Å². The van der Waals surface area contributed by atoms with E-state index >= 15 is 0 Å². The molecular weight excluding hydrogens is 438 g/mol. The lowest BCUT2D eigenvalue weighted by Crippen LogP contribution is -2.40. The lowest BCUT2D eigenvalue weighted by atomic mass is 10.2. The van der Waals surface area contributed by atoms with E-state index in [0.29, 0.717) is 37.3 Å². The summed E-state index contributed by atoms with van der Waals surface area (Å²) in [5.41, 5.74) is -0.130. The van der Waals surface area contributed by atoms with Gasteiger partial charge in [-0.3, -0.25) is 18.7 Å². The lowest BCUT2D eigenvalue weighted by Gasteiger charge is -2.10. The Kier molecular flexibility index (Phi) is 6.35. The van der Waals surface area contributed by atoms with Crippen LogP contribution in [0.25, 0.3) is 22.7 Å². The van der Waals surface area contributed by atoms with Crippen molar-refractivity contribution in [2.45, 2.75) is 52.1 Å². The Bertz CT molecular complexity index is 1410. The molecule has 0 saturated heterocycles. The largest absolute Gasteiger partial charge is 0.332 e. The van der Waals surface area contributed by atoms with Gasteiger partial charge in [0.25, 0.3) is 11.4 Å². The third-order valence-corrected chi connectivity index (χ3v) is 5.25. The molecule has 4 aromatic heterocycles. The monoisotopic (exact) mass is 459 g/mol. The highest BCUT2D eigenvalue weighted by Crippen LogP contribution is 2.14. The van der Waals surface area contributed by atoms with Gasteiger partial charge in [0.05, 0.1) is 0 Å². The van der Waals surface area contributed by atoms with Crippen LogP contribution in [0.1, 0.15) is 38.4 Å². The Morgan fingerprint density at radius 1 is 1.03 bits per heavy atom. The number of aromatic nitrogens is 7. The number of aromatic amines is 2. The maximum absolute atomic E-state index is 12.9. The van der Waals surface area contributed by atoms with Crippen molar-refractivity contribution >= 4 is 22.8 Å². The summed E-state index contributed by atoms with van der Waals surface area (Å²) in [6.45, 7) is 2.72. The molecule has 4 heterocycles. The summed E-state index contributed by atoms with van der Waals surface area (Å²) in [6, 6.07) is 4.67. The van der Waals surface area contributed by atoms with Gasteiger partial charge in [-0.2, -0.15) is 9.97 Å². The zero-order chi connectivity index (χ0) is 22.7. The van der Waals surface area contributed by atoms with E-state index in [2.05, 4.69) is 25.1 Å². The van der Waals surface area contributed by atoms with Crippen LogP contribution in [0, 0.1) is 0 Å². The highest BCUT2D eigenvalue weighted by molar-refractivity contribution is 6.28. The second-order valence-corrected chi connectivity index (χ2v) is 7.73. The third-order valence-electron chi connectivity index (χ3n) is 5.07. The molecule has 0 atom stereocenters.